The molecule has 20 heavy (non-hydrogen) atoms. The Morgan fingerprint density at radius 2 is 1.80 bits per heavy atom. The van der Waals surface area contributed by atoms with Crippen LogP contribution in [-0.2, 0) is 0 Å². The van der Waals surface area contributed by atoms with Crippen LogP contribution in [0.3, 0.4) is 0 Å². The van der Waals surface area contributed by atoms with Crippen molar-refractivity contribution < 1.29 is 14.7 Å². The minimum atomic E-state index is -1.10. The molecule has 1 aromatic heterocycles. The summed E-state index contributed by atoms with van der Waals surface area (Å²) in [5.74, 6) is -1.21. The van der Waals surface area contributed by atoms with Crippen molar-refractivity contribution in [2.24, 2.45) is 0 Å². The lowest BCUT2D eigenvalue weighted by molar-refractivity contribution is 0.0688. The van der Waals surface area contributed by atoms with E-state index in [-0.39, 0.29) is 17.6 Å². The van der Waals surface area contributed by atoms with Crippen LogP contribution in [0.1, 0.15) is 66.5 Å². The van der Waals surface area contributed by atoms with E-state index >= 15 is 0 Å². The first-order chi connectivity index (χ1) is 9.50. The van der Waals surface area contributed by atoms with Gasteiger partial charge in [-0.3, -0.25) is 9.48 Å². The molecule has 1 fully saturated rings. The van der Waals surface area contributed by atoms with Gasteiger partial charge in [0.15, 0.2) is 5.69 Å². The molecule has 1 amide bonds. The maximum atomic E-state index is 12.6. The quantitative estimate of drug-likeness (QED) is 0.920. The Labute approximate surface area is 118 Å². The van der Waals surface area contributed by atoms with E-state index in [1.54, 1.807) is 0 Å². The molecule has 0 aliphatic carbocycles. The van der Waals surface area contributed by atoms with Crippen molar-refractivity contribution in [3.8, 4) is 0 Å². The summed E-state index contributed by atoms with van der Waals surface area (Å²) in [5, 5.41) is 13.1. The third-order valence-corrected chi connectivity index (χ3v) is 3.56. The first-order valence-electron chi connectivity index (χ1n) is 7.13. The molecule has 0 spiro atoms. The van der Waals surface area contributed by atoms with Gasteiger partial charge in [-0.2, -0.15) is 5.10 Å². The van der Waals surface area contributed by atoms with Crippen LogP contribution in [-0.4, -0.2) is 44.8 Å². The fourth-order valence-corrected chi connectivity index (χ4v) is 2.49. The Hall–Kier alpha value is -1.85. The van der Waals surface area contributed by atoms with Crippen LogP contribution < -0.4 is 0 Å². The van der Waals surface area contributed by atoms with E-state index < -0.39 is 5.97 Å². The molecule has 1 aliphatic rings. The maximum Gasteiger partial charge on any atom is 0.356 e. The molecule has 6 heteroatoms. The highest BCUT2D eigenvalue weighted by Gasteiger charge is 2.24. The molecule has 0 atom stereocenters. The van der Waals surface area contributed by atoms with Crippen LogP contribution in [0, 0.1) is 0 Å². The van der Waals surface area contributed by atoms with Gasteiger partial charge in [-0.25, -0.2) is 4.79 Å². The van der Waals surface area contributed by atoms with Gasteiger partial charge < -0.3 is 10.0 Å². The second-order valence-corrected chi connectivity index (χ2v) is 5.46. The molecular formula is C14H21N3O3. The van der Waals surface area contributed by atoms with E-state index in [1.165, 1.54) is 10.7 Å². The van der Waals surface area contributed by atoms with E-state index in [9.17, 15) is 9.59 Å². The summed E-state index contributed by atoms with van der Waals surface area (Å²) in [5.41, 5.74) is 0.302. The van der Waals surface area contributed by atoms with Crippen LogP contribution in [0.2, 0.25) is 0 Å². The Morgan fingerprint density at radius 3 is 2.30 bits per heavy atom. The van der Waals surface area contributed by atoms with Gasteiger partial charge in [-0.1, -0.05) is 12.8 Å². The molecule has 0 aromatic carbocycles. The molecule has 1 N–H and O–H groups in total. The van der Waals surface area contributed by atoms with Crippen molar-refractivity contribution in [3.05, 3.63) is 17.5 Å². The monoisotopic (exact) mass is 279 g/mol. The Bertz CT molecular complexity index is 500. The van der Waals surface area contributed by atoms with E-state index in [0.717, 1.165) is 38.8 Å². The van der Waals surface area contributed by atoms with Gasteiger partial charge in [-0.15, -0.1) is 0 Å². The molecule has 1 saturated heterocycles. The van der Waals surface area contributed by atoms with Crippen molar-refractivity contribution >= 4 is 11.9 Å². The van der Waals surface area contributed by atoms with Crippen molar-refractivity contribution in [1.82, 2.24) is 14.7 Å². The molecule has 0 radical (unpaired) electrons. The van der Waals surface area contributed by atoms with Gasteiger partial charge in [-0.05, 0) is 26.7 Å². The normalized spacial score (nSPS) is 16.2. The Morgan fingerprint density at radius 1 is 1.20 bits per heavy atom. The number of nitrogens with zero attached hydrogens (tertiary/aromatic N) is 3. The second-order valence-electron chi connectivity index (χ2n) is 5.46. The molecule has 1 aliphatic heterocycles. The summed E-state index contributed by atoms with van der Waals surface area (Å²) in [7, 11) is 0. The Kier molecular flexibility index (Phi) is 4.42. The summed E-state index contributed by atoms with van der Waals surface area (Å²) in [4.78, 5) is 25.4. The number of aromatic nitrogens is 2. The van der Waals surface area contributed by atoms with Crippen LogP contribution in [0.5, 0.6) is 0 Å². The first-order valence-corrected chi connectivity index (χ1v) is 7.13. The second kappa shape index (κ2) is 6.07. The van der Waals surface area contributed by atoms with Crippen molar-refractivity contribution in [2.75, 3.05) is 13.1 Å². The van der Waals surface area contributed by atoms with E-state index in [4.69, 9.17) is 5.11 Å². The lowest BCUT2D eigenvalue weighted by Crippen LogP contribution is -2.33. The van der Waals surface area contributed by atoms with Gasteiger partial charge >= 0.3 is 5.97 Å². The number of likely N-dealkylation sites (tertiary alicyclic amines) is 1. The molecule has 2 rings (SSSR count). The molecule has 0 saturated carbocycles. The van der Waals surface area contributed by atoms with Gasteiger partial charge in [0.2, 0.25) is 0 Å². The zero-order chi connectivity index (χ0) is 14.7. The fourth-order valence-electron chi connectivity index (χ4n) is 2.49. The predicted molar refractivity (Wildman–Crippen MR) is 73.9 cm³/mol. The zero-order valence-corrected chi connectivity index (χ0v) is 12.0. The fraction of sp³-hybridized carbons (Fsp3) is 0.643. The number of aromatic carboxylic acids is 1. The largest absolute Gasteiger partial charge is 0.476 e. The Balaban J connectivity index is 2.29. The summed E-state index contributed by atoms with van der Waals surface area (Å²) in [6.07, 6.45) is 4.31. The molecule has 0 bridgehead atoms. The number of rotatable bonds is 3. The van der Waals surface area contributed by atoms with Gasteiger partial charge in [0, 0.05) is 25.2 Å². The van der Waals surface area contributed by atoms with Gasteiger partial charge in [0.25, 0.3) is 5.91 Å². The average molecular weight is 279 g/mol. The third kappa shape index (κ3) is 3.00. The maximum absolute atomic E-state index is 12.6. The minimum absolute atomic E-state index is 0.0472. The lowest BCUT2D eigenvalue weighted by Gasteiger charge is -2.21. The number of amides is 1. The summed E-state index contributed by atoms with van der Waals surface area (Å²) in [6.45, 7) is 5.25. The van der Waals surface area contributed by atoms with E-state index in [2.05, 4.69) is 5.10 Å². The number of carboxylic acid groups (broad SMARTS) is 1. The van der Waals surface area contributed by atoms with Crippen LogP contribution >= 0.6 is 0 Å². The smallest absolute Gasteiger partial charge is 0.356 e. The topological polar surface area (TPSA) is 75.4 Å². The summed E-state index contributed by atoms with van der Waals surface area (Å²) in [6, 6.07) is 1.34. The highest BCUT2D eigenvalue weighted by Crippen LogP contribution is 2.17. The summed E-state index contributed by atoms with van der Waals surface area (Å²) >= 11 is 0. The number of hydrogen-bond acceptors (Lipinski definition) is 3. The van der Waals surface area contributed by atoms with Crippen LogP contribution in [0.25, 0.3) is 0 Å². The molecule has 0 unspecified atom stereocenters. The molecule has 110 valence electrons. The van der Waals surface area contributed by atoms with E-state index in [1.807, 2.05) is 18.7 Å². The van der Waals surface area contributed by atoms with Crippen molar-refractivity contribution in [3.63, 3.8) is 0 Å². The average Bonchev–Trinajstić information content (AvgIpc) is 2.68. The predicted octanol–water partition coefficient (Wildman–Crippen LogP) is 2.18. The standard InChI is InChI=1S/C14H21N3O3/c1-10(2)17-12(9-11(15-17)14(19)20)13(18)16-7-5-3-4-6-8-16/h9-10H,3-8H2,1-2H3,(H,19,20). The number of carboxylic acids is 1. The molecule has 2 heterocycles. The van der Waals surface area contributed by atoms with Crippen molar-refractivity contribution in [1.29, 1.82) is 0 Å². The number of hydrogen-bond donors (Lipinski definition) is 1. The highest BCUT2D eigenvalue weighted by atomic mass is 16.4. The van der Waals surface area contributed by atoms with E-state index in [0.29, 0.717) is 5.69 Å². The van der Waals surface area contributed by atoms with Crippen molar-refractivity contribution in [2.45, 2.75) is 45.6 Å². The molecule has 6 nitrogen and oxygen atoms in total. The highest BCUT2D eigenvalue weighted by molar-refractivity contribution is 5.95. The van der Waals surface area contributed by atoms with Gasteiger partial charge in [0.1, 0.15) is 5.69 Å². The number of carbonyl (C=O) groups excluding carboxylic acids is 1. The third-order valence-electron chi connectivity index (χ3n) is 3.56. The van der Waals surface area contributed by atoms with Crippen LogP contribution in [0.15, 0.2) is 6.07 Å². The minimum Gasteiger partial charge on any atom is -0.476 e. The van der Waals surface area contributed by atoms with Crippen LogP contribution in [0.4, 0.5) is 0 Å². The molecule has 1 aromatic rings. The molecular weight excluding hydrogens is 258 g/mol. The SMILES string of the molecule is CC(C)n1nc(C(=O)O)cc1C(=O)N1CCCCCC1. The van der Waals surface area contributed by atoms with Gasteiger partial charge in [0.05, 0.1) is 0 Å². The zero-order valence-electron chi connectivity index (χ0n) is 12.0. The lowest BCUT2D eigenvalue weighted by atomic mass is 10.2. The number of carbonyl (C=O) groups is 2. The summed E-state index contributed by atoms with van der Waals surface area (Å²) < 4.78 is 1.51. The first kappa shape index (κ1) is 14.6.